The van der Waals surface area contributed by atoms with Crippen molar-refractivity contribution in [1.82, 2.24) is 4.90 Å². The highest BCUT2D eigenvalue weighted by atomic mass is 79.9. The molecular weight excluding hydrogens is 524 g/mol. The molecule has 186 valence electrons. The quantitative estimate of drug-likeness (QED) is 0.341. The van der Waals surface area contributed by atoms with Gasteiger partial charge in [0.15, 0.2) is 0 Å². The first-order valence-corrected chi connectivity index (χ1v) is 12.3. The smallest absolute Gasteiger partial charge is 0.338 e. The first kappa shape index (κ1) is 25.4. The van der Waals surface area contributed by atoms with Gasteiger partial charge in [0.1, 0.15) is 16.9 Å². The van der Waals surface area contributed by atoms with Crippen LogP contribution in [-0.4, -0.2) is 37.0 Å². The molecule has 7 nitrogen and oxygen atoms in total. The Morgan fingerprint density at radius 3 is 1.81 bits per heavy atom. The third kappa shape index (κ3) is 4.73. The van der Waals surface area contributed by atoms with Crippen LogP contribution in [-0.2, 0) is 22.6 Å². The van der Waals surface area contributed by atoms with Crippen molar-refractivity contribution in [2.45, 2.75) is 26.3 Å². The molecule has 4 rings (SSSR count). The summed E-state index contributed by atoms with van der Waals surface area (Å²) in [7, 11) is 3.12. The molecule has 0 saturated carbocycles. The Labute approximate surface area is 218 Å². The highest BCUT2D eigenvalue weighted by Crippen LogP contribution is 2.39. The summed E-state index contributed by atoms with van der Waals surface area (Å²) in [5, 5.41) is 0. The van der Waals surface area contributed by atoms with E-state index in [0.717, 1.165) is 20.5 Å². The van der Waals surface area contributed by atoms with Gasteiger partial charge in [0.05, 0.1) is 26.5 Å². The lowest BCUT2D eigenvalue weighted by Crippen LogP contribution is -2.65. The molecule has 1 aliphatic rings. The zero-order chi connectivity index (χ0) is 25.9. The van der Waals surface area contributed by atoms with Gasteiger partial charge in [0.2, 0.25) is 5.91 Å². The van der Waals surface area contributed by atoms with Gasteiger partial charge in [-0.05, 0) is 72.5 Å². The Balaban J connectivity index is 1.79. The van der Waals surface area contributed by atoms with Crippen molar-refractivity contribution in [2.24, 2.45) is 5.41 Å². The molecule has 1 heterocycles. The van der Waals surface area contributed by atoms with Crippen molar-refractivity contribution in [1.29, 1.82) is 0 Å². The number of halogens is 1. The molecule has 0 N–H and O–H groups in total. The minimum Gasteiger partial charge on any atom is -0.497 e. The largest absolute Gasteiger partial charge is 0.497 e. The number of barbiturate groups is 1. The number of carbonyl (C=O) groups is 3. The fraction of sp³-hybridized carbons (Fsp3) is 0.250. The van der Waals surface area contributed by atoms with Gasteiger partial charge >= 0.3 is 6.03 Å². The van der Waals surface area contributed by atoms with Crippen LogP contribution in [0.3, 0.4) is 0 Å². The second-order valence-corrected chi connectivity index (χ2v) is 9.52. The zero-order valence-corrected chi connectivity index (χ0v) is 21.9. The normalized spacial score (nSPS) is 17.9. The Bertz CT molecular complexity index is 1260. The lowest BCUT2D eigenvalue weighted by atomic mass is 9.75. The molecular formula is C28H27BrN2O5. The van der Waals surface area contributed by atoms with Crippen LogP contribution in [0, 0.1) is 5.41 Å². The standard InChI is InChI=1S/C28H27BrN2O5/c1-4-28(17-19-5-9-21(29)10-6-19)25(32)30(18-20-7-13-23(35-2)14-8-20)27(34)31(26(28)33)22-11-15-24(36-3)16-12-22/h5-16H,4,17-18H2,1-3H3. The SMILES string of the molecule is CCC1(Cc2ccc(Br)cc2)C(=O)N(Cc2ccc(OC)cc2)C(=O)N(c2ccc(OC)cc2)C1=O. The summed E-state index contributed by atoms with van der Waals surface area (Å²) < 4.78 is 11.3. The lowest BCUT2D eigenvalue weighted by molar-refractivity contribution is -0.150. The number of rotatable bonds is 8. The van der Waals surface area contributed by atoms with Crippen LogP contribution in [0.2, 0.25) is 0 Å². The lowest BCUT2D eigenvalue weighted by Gasteiger charge is -2.44. The average Bonchev–Trinajstić information content (AvgIpc) is 2.91. The topological polar surface area (TPSA) is 76.2 Å². The van der Waals surface area contributed by atoms with Crippen LogP contribution >= 0.6 is 15.9 Å². The molecule has 1 saturated heterocycles. The van der Waals surface area contributed by atoms with E-state index in [0.29, 0.717) is 17.2 Å². The van der Waals surface area contributed by atoms with Gasteiger partial charge < -0.3 is 9.47 Å². The second kappa shape index (κ2) is 10.5. The fourth-order valence-electron chi connectivity index (χ4n) is 4.40. The molecule has 8 heteroatoms. The van der Waals surface area contributed by atoms with E-state index in [1.165, 1.54) is 4.90 Å². The number of amides is 4. The van der Waals surface area contributed by atoms with Crippen molar-refractivity contribution in [3.05, 3.63) is 88.4 Å². The van der Waals surface area contributed by atoms with Crippen LogP contribution in [0.25, 0.3) is 0 Å². The van der Waals surface area contributed by atoms with E-state index in [1.54, 1.807) is 62.8 Å². The highest BCUT2D eigenvalue weighted by molar-refractivity contribution is 9.10. The van der Waals surface area contributed by atoms with E-state index in [-0.39, 0.29) is 19.4 Å². The number of hydrogen-bond donors (Lipinski definition) is 0. The first-order chi connectivity index (χ1) is 17.3. The number of anilines is 1. The summed E-state index contributed by atoms with van der Waals surface area (Å²) in [6.07, 6.45) is 0.410. The molecule has 0 radical (unpaired) electrons. The van der Waals surface area contributed by atoms with E-state index < -0.39 is 23.3 Å². The molecule has 1 unspecified atom stereocenters. The number of nitrogens with zero attached hydrogens (tertiary/aromatic N) is 2. The van der Waals surface area contributed by atoms with Gasteiger partial charge in [-0.15, -0.1) is 0 Å². The van der Waals surface area contributed by atoms with E-state index in [9.17, 15) is 14.4 Å². The van der Waals surface area contributed by atoms with Crippen molar-refractivity contribution in [3.63, 3.8) is 0 Å². The molecule has 0 bridgehead atoms. The van der Waals surface area contributed by atoms with E-state index >= 15 is 0 Å². The molecule has 3 aromatic carbocycles. The summed E-state index contributed by atoms with van der Waals surface area (Å²) in [4.78, 5) is 44.0. The fourth-order valence-corrected chi connectivity index (χ4v) is 4.66. The van der Waals surface area contributed by atoms with Gasteiger partial charge in [-0.3, -0.25) is 14.5 Å². The predicted octanol–water partition coefficient (Wildman–Crippen LogP) is 5.60. The molecule has 36 heavy (non-hydrogen) atoms. The Hall–Kier alpha value is -3.65. The summed E-state index contributed by atoms with van der Waals surface area (Å²) in [6, 6.07) is 20.6. The predicted molar refractivity (Wildman–Crippen MR) is 140 cm³/mol. The number of imide groups is 2. The van der Waals surface area contributed by atoms with E-state index in [2.05, 4.69) is 15.9 Å². The van der Waals surface area contributed by atoms with Crippen molar-refractivity contribution in [2.75, 3.05) is 19.1 Å². The Morgan fingerprint density at radius 2 is 1.28 bits per heavy atom. The van der Waals surface area contributed by atoms with E-state index in [4.69, 9.17) is 9.47 Å². The monoisotopic (exact) mass is 550 g/mol. The molecule has 0 aliphatic carbocycles. The summed E-state index contributed by atoms with van der Waals surface area (Å²) in [5.74, 6) is 0.240. The number of methoxy groups -OCH3 is 2. The molecule has 1 fully saturated rings. The van der Waals surface area contributed by atoms with Crippen LogP contribution < -0.4 is 14.4 Å². The third-order valence-electron chi connectivity index (χ3n) is 6.54. The van der Waals surface area contributed by atoms with Gasteiger partial charge in [-0.1, -0.05) is 47.1 Å². The number of ether oxygens (including phenoxy) is 2. The maximum Gasteiger partial charge on any atom is 0.338 e. The Morgan fingerprint density at radius 1 is 0.750 bits per heavy atom. The molecule has 1 atom stereocenters. The summed E-state index contributed by atoms with van der Waals surface area (Å²) in [6.45, 7) is 1.84. The highest BCUT2D eigenvalue weighted by Gasteiger charge is 2.56. The molecule has 4 amide bonds. The van der Waals surface area contributed by atoms with Crippen LogP contribution in [0.1, 0.15) is 24.5 Å². The van der Waals surface area contributed by atoms with E-state index in [1.807, 2.05) is 31.2 Å². The second-order valence-electron chi connectivity index (χ2n) is 8.60. The minimum atomic E-state index is -1.44. The molecule has 3 aromatic rings. The van der Waals surface area contributed by atoms with Gasteiger partial charge in [0, 0.05) is 4.47 Å². The minimum absolute atomic E-state index is 0.0314. The third-order valence-corrected chi connectivity index (χ3v) is 7.07. The number of hydrogen-bond acceptors (Lipinski definition) is 5. The van der Waals surface area contributed by atoms with Crippen LogP contribution in [0.5, 0.6) is 11.5 Å². The summed E-state index contributed by atoms with van der Waals surface area (Å²) >= 11 is 3.43. The first-order valence-electron chi connectivity index (χ1n) is 11.5. The van der Waals surface area contributed by atoms with Crippen molar-refractivity contribution < 1.29 is 23.9 Å². The van der Waals surface area contributed by atoms with Crippen molar-refractivity contribution >= 4 is 39.5 Å². The average molecular weight is 551 g/mol. The van der Waals surface area contributed by atoms with Crippen LogP contribution in [0.4, 0.5) is 10.5 Å². The number of urea groups is 1. The maximum atomic E-state index is 14.0. The van der Waals surface area contributed by atoms with Gasteiger partial charge in [-0.25, -0.2) is 9.69 Å². The van der Waals surface area contributed by atoms with Gasteiger partial charge in [-0.2, -0.15) is 0 Å². The number of benzene rings is 3. The van der Waals surface area contributed by atoms with Gasteiger partial charge in [0.25, 0.3) is 5.91 Å². The maximum absolute atomic E-state index is 14.0. The molecule has 1 aliphatic heterocycles. The van der Waals surface area contributed by atoms with Crippen LogP contribution in [0.15, 0.2) is 77.3 Å². The molecule has 0 aromatic heterocycles. The Kier molecular flexibility index (Phi) is 7.45. The number of carbonyl (C=O) groups excluding carboxylic acids is 3. The summed E-state index contributed by atoms with van der Waals surface area (Å²) in [5.41, 5.74) is 0.519. The zero-order valence-electron chi connectivity index (χ0n) is 20.4. The molecule has 0 spiro atoms. The van der Waals surface area contributed by atoms with Crippen molar-refractivity contribution in [3.8, 4) is 11.5 Å².